The maximum absolute atomic E-state index is 6.03. The van der Waals surface area contributed by atoms with Gasteiger partial charge in [-0.2, -0.15) is 0 Å². The van der Waals surface area contributed by atoms with Gasteiger partial charge in [0.05, 0.1) is 0 Å². The van der Waals surface area contributed by atoms with Gasteiger partial charge >= 0.3 is 0 Å². The van der Waals surface area contributed by atoms with Gasteiger partial charge in [-0.3, -0.25) is 0 Å². The second-order valence-electron chi connectivity index (χ2n) is 6.89. The first-order valence-corrected chi connectivity index (χ1v) is 7.59. The molecular weight excluding hydrogens is 208 g/mol. The lowest BCUT2D eigenvalue weighted by atomic mass is 9.74. The smallest absolute Gasteiger partial charge is 0.00201 e. The third kappa shape index (κ3) is 3.45. The zero-order chi connectivity index (χ0) is 12.2. The molecule has 0 aromatic carbocycles. The van der Waals surface area contributed by atoms with Crippen LogP contribution in [0, 0.1) is 10.8 Å². The molecular formula is C15H30N2. The van der Waals surface area contributed by atoms with Crippen LogP contribution in [0.1, 0.15) is 64.7 Å². The fourth-order valence-corrected chi connectivity index (χ4v) is 3.79. The van der Waals surface area contributed by atoms with E-state index in [-0.39, 0.29) is 0 Å². The largest absolute Gasteiger partial charge is 0.330 e. The van der Waals surface area contributed by atoms with Gasteiger partial charge < -0.3 is 11.1 Å². The molecule has 0 spiro atoms. The molecule has 0 saturated heterocycles. The lowest BCUT2D eigenvalue weighted by Gasteiger charge is -2.37. The molecule has 2 heteroatoms. The fraction of sp³-hybridized carbons (Fsp3) is 1.00. The number of hydrogen-bond acceptors (Lipinski definition) is 2. The molecule has 0 unspecified atom stereocenters. The Morgan fingerprint density at radius 2 is 1.47 bits per heavy atom. The Balaban J connectivity index is 1.75. The van der Waals surface area contributed by atoms with Crippen LogP contribution in [0.4, 0.5) is 0 Å². The summed E-state index contributed by atoms with van der Waals surface area (Å²) in [6.45, 7) is 5.67. The summed E-state index contributed by atoms with van der Waals surface area (Å²) in [5.74, 6) is 0. The summed E-state index contributed by atoms with van der Waals surface area (Å²) in [4.78, 5) is 0. The highest BCUT2D eigenvalue weighted by Gasteiger charge is 2.32. The Hall–Kier alpha value is -0.0800. The topological polar surface area (TPSA) is 38.0 Å². The average Bonchev–Trinajstić information content (AvgIpc) is 2.77. The van der Waals surface area contributed by atoms with Crippen LogP contribution in [0.15, 0.2) is 0 Å². The number of rotatable bonds is 5. The van der Waals surface area contributed by atoms with Crippen molar-refractivity contribution in [2.75, 3.05) is 19.6 Å². The fourth-order valence-electron chi connectivity index (χ4n) is 3.79. The van der Waals surface area contributed by atoms with Crippen molar-refractivity contribution in [2.45, 2.75) is 64.7 Å². The number of hydrogen-bond donors (Lipinski definition) is 2. The molecule has 0 heterocycles. The van der Waals surface area contributed by atoms with Crippen LogP contribution in [0.5, 0.6) is 0 Å². The van der Waals surface area contributed by atoms with E-state index in [1.807, 2.05) is 0 Å². The minimum atomic E-state index is 0.424. The van der Waals surface area contributed by atoms with Gasteiger partial charge in [-0.1, -0.05) is 39.0 Å². The first-order chi connectivity index (χ1) is 8.18. The SMILES string of the molecule is CC1(CNCC2(CN)CCCCC2)CCCC1. The second kappa shape index (κ2) is 5.71. The van der Waals surface area contributed by atoms with E-state index in [2.05, 4.69) is 12.2 Å². The Morgan fingerprint density at radius 1 is 0.882 bits per heavy atom. The van der Waals surface area contributed by atoms with E-state index in [0.29, 0.717) is 10.8 Å². The van der Waals surface area contributed by atoms with Crippen molar-refractivity contribution in [3.05, 3.63) is 0 Å². The molecule has 2 saturated carbocycles. The second-order valence-corrected chi connectivity index (χ2v) is 6.89. The highest BCUT2D eigenvalue weighted by molar-refractivity contribution is 4.88. The number of nitrogens with two attached hydrogens (primary N) is 1. The molecule has 2 aliphatic rings. The Kier molecular flexibility index (Phi) is 4.48. The van der Waals surface area contributed by atoms with Crippen molar-refractivity contribution < 1.29 is 0 Å². The minimum Gasteiger partial charge on any atom is -0.330 e. The molecule has 0 bridgehead atoms. The molecule has 2 nitrogen and oxygen atoms in total. The highest BCUT2D eigenvalue weighted by atomic mass is 14.9. The van der Waals surface area contributed by atoms with E-state index < -0.39 is 0 Å². The van der Waals surface area contributed by atoms with Gasteiger partial charge in [-0.25, -0.2) is 0 Å². The third-order valence-electron chi connectivity index (χ3n) is 5.21. The first-order valence-electron chi connectivity index (χ1n) is 7.59. The molecule has 0 aromatic heterocycles. The number of nitrogens with one attached hydrogen (secondary N) is 1. The minimum absolute atomic E-state index is 0.424. The van der Waals surface area contributed by atoms with Crippen LogP contribution in [-0.4, -0.2) is 19.6 Å². The van der Waals surface area contributed by atoms with Crippen LogP contribution in [0.2, 0.25) is 0 Å². The summed E-state index contributed by atoms with van der Waals surface area (Å²) in [5.41, 5.74) is 7.02. The van der Waals surface area contributed by atoms with Gasteiger partial charge in [0, 0.05) is 13.1 Å². The van der Waals surface area contributed by atoms with Crippen LogP contribution in [-0.2, 0) is 0 Å². The molecule has 0 amide bonds. The first kappa shape index (κ1) is 13.4. The predicted molar refractivity (Wildman–Crippen MR) is 74.0 cm³/mol. The molecule has 0 atom stereocenters. The van der Waals surface area contributed by atoms with Gasteiger partial charge in [0.1, 0.15) is 0 Å². The molecule has 2 fully saturated rings. The molecule has 0 aliphatic heterocycles. The van der Waals surface area contributed by atoms with Crippen LogP contribution in [0.25, 0.3) is 0 Å². The van der Waals surface area contributed by atoms with E-state index in [1.54, 1.807) is 0 Å². The molecule has 2 rings (SSSR count). The maximum Gasteiger partial charge on any atom is 0.00201 e. The quantitative estimate of drug-likeness (QED) is 0.772. The van der Waals surface area contributed by atoms with Gasteiger partial charge in [-0.05, 0) is 43.1 Å². The lowest BCUT2D eigenvalue weighted by Crippen LogP contribution is -2.44. The van der Waals surface area contributed by atoms with Gasteiger partial charge in [0.15, 0.2) is 0 Å². The van der Waals surface area contributed by atoms with E-state index in [4.69, 9.17) is 5.73 Å². The van der Waals surface area contributed by atoms with Gasteiger partial charge in [0.2, 0.25) is 0 Å². The molecule has 0 aromatic rings. The maximum atomic E-state index is 6.03. The lowest BCUT2D eigenvalue weighted by molar-refractivity contribution is 0.180. The Morgan fingerprint density at radius 3 is 2.06 bits per heavy atom. The average molecular weight is 238 g/mol. The standard InChI is InChI=1S/C15H30N2/c1-14(7-5-6-8-14)12-17-13-15(11-16)9-3-2-4-10-15/h17H,2-13,16H2,1H3. The van der Waals surface area contributed by atoms with E-state index in [1.165, 1.54) is 64.3 Å². The van der Waals surface area contributed by atoms with Gasteiger partial charge in [-0.15, -0.1) is 0 Å². The molecule has 3 N–H and O–H groups in total. The van der Waals surface area contributed by atoms with E-state index in [0.717, 1.165) is 13.1 Å². The zero-order valence-electron chi connectivity index (χ0n) is 11.6. The van der Waals surface area contributed by atoms with E-state index >= 15 is 0 Å². The van der Waals surface area contributed by atoms with Crippen LogP contribution < -0.4 is 11.1 Å². The summed E-state index contributed by atoms with van der Waals surface area (Å²) in [7, 11) is 0. The summed E-state index contributed by atoms with van der Waals surface area (Å²) in [6.07, 6.45) is 12.6. The Labute approximate surface area is 107 Å². The van der Waals surface area contributed by atoms with Crippen molar-refractivity contribution in [1.29, 1.82) is 0 Å². The van der Waals surface area contributed by atoms with Gasteiger partial charge in [0.25, 0.3) is 0 Å². The van der Waals surface area contributed by atoms with Crippen molar-refractivity contribution in [3.8, 4) is 0 Å². The van der Waals surface area contributed by atoms with E-state index in [9.17, 15) is 0 Å². The summed E-state index contributed by atoms with van der Waals surface area (Å²) in [6, 6.07) is 0. The summed E-state index contributed by atoms with van der Waals surface area (Å²) in [5, 5.41) is 3.75. The van der Waals surface area contributed by atoms with Crippen molar-refractivity contribution in [2.24, 2.45) is 16.6 Å². The van der Waals surface area contributed by atoms with Crippen LogP contribution >= 0.6 is 0 Å². The monoisotopic (exact) mass is 238 g/mol. The normalized spacial score (nSPS) is 27.2. The predicted octanol–water partition coefficient (Wildman–Crippen LogP) is 3.07. The molecule has 2 aliphatic carbocycles. The molecule has 100 valence electrons. The highest BCUT2D eigenvalue weighted by Crippen LogP contribution is 2.38. The summed E-state index contributed by atoms with van der Waals surface area (Å²) >= 11 is 0. The van der Waals surface area contributed by atoms with Crippen molar-refractivity contribution >= 4 is 0 Å². The molecule has 17 heavy (non-hydrogen) atoms. The summed E-state index contributed by atoms with van der Waals surface area (Å²) < 4.78 is 0. The van der Waals surface area contributed by atoms with Crippen molar-refractivity contribution in [3.63, 3.8) is 0 Å². The van der Waals surface area contributed by atoms with Crippen molar-refractivity contribution in [1.82, 2.24) is 5.32 Å². The Bertz CT molecular complexity index is 225. The zero-order valence-corrected chi connectivity index (χ0v) is 11.6. The molecule has 0 radical (unpaired) electrons. The third-order valence-corrected chi connectivity index (χ3v) is 5.21. The van der Waals surface area contributed by atoms with Crippen LogP contribution in [0.3, 0.4) is 0 Å².